The van der Waals surface area contributed by atoms with Crippen LogP contribution in [0.4, 0.5) is 17.6 Å². The van der Waals surface area contributed by atoms with Gasteiger partial charge in [-0.15, -0.1) is 0 Å². The molecule has 0 aliphatic heterocycles. The van der Waals surface area contributed by atoms with Crippen LogP contribution in [0.2, 0.25) is 0 Å². The maximum atomic E-state index is 13.7. The molecule has 0 aromatic heterocycles. The summed E-state index contributed by atoms with van der Waals surface area (Å²) in [5, 5.41) is 11.0. The average molecular weight is 357 g/mol. The highest BCUT2D eigenvalue weighted by Crippen LogP contribution is 2.20. The van der Waals surface area contributed by atoms with Crippen LogP contribution in [-0.4, -0.2) is 23.6 Å². The molecule has 1 atom stereocenters. The van der Waals surface area contributed by atoms with Crippen molar-refractivity contribution in [3.8, 4) is 5.75 Å². The van der Waals surface area contributed by atoms with Crippen LogP contribution >= 0.6 is 0 Å². The van der Waals surface area contributed by atoms with E-state index in [2.05, 4.69) is 0 Å². The molecule has 0 fully saturated rings. The predicted octanol–water partition coefficient (Wildman–Crippen LogP) is 2.56. The first-order chi connectivity index (χ1) is 11.8. The van der Waals surface area contributed by atoms with Crippen molar-refractivity contribution in [3.05, 3.63) is 65.2 Å². The third-order valence-corrected chi connectivity index (χ3v) is 3.10. The Labute approximate surface area is 138 Å². The van der Waals surface area contributed by atoms with Crippen LogP contribution in [0.1, 0.15) is 11.6 Å². The molecule has 1 amide bonds. The van der Waals surface area contributed by atoms with Crippen molar-refractivity contribution < 1.29 is 37.0 Å². The number of aliphatic carboxylic acids is 1. The molecule has 0 unspecified atom stereocenters. The van der Waals surface area contributed by atoms with E-state index in [9.17, 15) is 27.2 Å². The van der Waals surface area contributed by atoms with E-state index < -0.39 is 59.1 Å². The van der Waals surface area contributed by atoms with Crippen molar-refractivity contribution >= 4 is 11.9 Å². The summed E-state index contributed by atoms with van der Waals surface area (Å²) in [5.41, 5.74) is -0.589. The van der Waals surface area contributed by atoms with Gasteiger partial charge in [0.05, 0.1) is 0 Å². The van der Waals surface area contributed by atoms with Crippen molar-refractivity contribution in [1.82, 2.24) is 5.32 Å². The smallest absolute Gasteiger partial charge is 0.331 e. The average Bonchev–Trinajstić information content (AvgIpc) is 2.54. The molecule has 2 aromatic carbocycles. The van der Waals surface area contributed by atoms with Crippen LogP contribution in [0.3, 0.4) is 0 Å². The number of hydrogen-bond donors (Lipinski definition) is 2. The summed E-state index contributed by atoms with van der Waals surface area (Å²) < 4.78 is 57.8. The Morgan fingerprint density at radius 3 is 2.44 bits per heavy atom. The number of carbonyl (C=O) groups excluding carboxylic acids is 1. The second kappa shape index (κ2) is 7.65. The molecule has 2 aromatic rings. The first-order valence-electron chi connectivity index (χ1n) is 6.83. The van der Waals surface area contributed by atoms with Gasteiger partial charge >= 0.3 is 5.97 Å². The predicted molar refractivity (Wildman–Crippen MR) is 76.7 cm³/mol. The van der Waals surface area contributed by atoms with E-state index in [0.717, 1.165) is 30.3 Å². The number of carboxylic acid groups (broad SMARTS) is 1. The minimum absolute atomic E-state index is 0.430. The Bertz CT molecular complexity index is 813. The van der Waals surface area contributed by atoms with Crippen LogP contribution in [0.25, 0.3) is 0 Å². The quantitative estimate of drug-likeness (QED) is 0.780. The fourth-order valence-corrected chi connectivity index (χ4v) is 1.95. The molecule has 0 spiro atoms. The maximum absolute atomic E-state index is 13.7. The van der Waals surface area contributed by atoms with Crippen molar-refractivity contribution in [2.75, 3.05) is 6.61 Å². The van der Waals surface area contributed by atoms with Crippen LogP contribution in [0, 0.1) is 23.3 Å². The fraction of sp³-hybridized carbons (Fsp3) is 0.125. The lowest BCUT2D eigenvalue weighted by Crippen LogP contribution is -2.37. The zero-order valence-corrected chi connectivity index (χ0v) is 12.4. The number of hydrogen-bond acceptors (Lipinski definition) is 3. The molecule has 9 heteroatoms. The zero-order chi connectivity index (χ0) is 18.6. The van der Waals surface area contributed by atoms with Gasteiger partial charge in [0, 0.05) is 11.6 Å². The lowest BCUT2D eigenvalue weighted by Gasteiger charge is -2.16. The lowest BCUT2D eigenvalue weighted by molar-refractivity contribution is -0.142. The van der Waals surface area contributed by atoms with E-state index in [1.54, 1.807) is 0 Å². The van der Waals surface area contributed by atoms with Gasteiger partial charge in [0.25, 0.3) is 5.91 Å². The summed E-state index contributed by atoms with van der Waals surface area (Å²) in [6, 6.07) is 3.38. The van der Waals surface area contributed by atoms with Gasteiger partial charge in [-0.2, -0.15) is 0 Å². The lowest BCUT2D eigenvalue weighted by atomic mass is 10.1. The van der Waals surface area contributed by atoms with Crippen LogP contribution in [0.5, 0.6) is 5.75 Å². The molecule has 0 bridgehead atoms. The number of ether oxygens (including phenoxy) is 1. The van der Waals surface area contributed by atoms with Crippen molar-refractivity contribution in [2.24, 2.45) is 0 Å². The first kappa shape index (κ1) is 18.2. The molecular weight excluding hydrogens is 346 g/mol. The topological polar surface area (TPSA) is 75.6 Å². The van der Waals surface area contributed by atoms with E-state index in [1.807, 2.05) is 5.32 Å². The molecule has 2 N–H and O–H groups in total. The molecule has 0 aliphatic carbocycles. The van der Waals surface area contributed by atoms with Gasteiger partial charge in [-0.05, 0) is 18.2 Å². The number of benzene rings is 2. The standard InChI is InChI=1S/C16H11F4NO4/c17-8-4-5-12(11(19)6-8)25-7-13(22)21-15(16(23)24)9-2-1-3-10(18)14(9)20/h1-6,15H,7H2,(H,21,22)(H,23,24)/t15-/m0/s1. The molecular formula is C16H11F4NO4. The van der Waals surface area contributed by atoms with Crippen molar-refractivity contribution in [1.29, 1.82) is 0 Å². The molecule has 0 radical (unpaired) electrons. The van der Waals surface area contributed by atoms with E-state index >= 15 is 0 Å². The molecule has 0 saturated heterocycles. The van der Waals surface area contributed by atoms with Gasteiger partial charge in [0.1, 0.15) is 5.82 Å². The molecule has 2 rings (SSSR count). The summed E-state index contributed by atoms with van der Waals surface area (Å²) in [4.78, 5) is 23.0. The Morgan fingerprint density at radius 1 is 1.08 bits per heavy atom. The van der Waals surface area contributed by atoms with Crippen LogP contribution in [-0.2, 0) is 9.59 Å². The second-order valence-corrected chi connectivity index (χ2v) is 4.85. The van der Waals surface area contributed by atoms with Gasteiger partial charge in [-0.3, -0.25) is 4.79 Å². The Balaban J connectivity index is 2.08. The largest absolute Gasteiger partial charge is 0.481 e. The highest BCUT2D eigenvalue weighted by molar-refractivity contribution is 5.85. The van der Waals surface area contributed by atoms with E-state index in [1.165, 1.54) is 0 Å². The Kier molecular flexibility index (Phi) is 5.58. The maximum Gasteiger partial charge on any atom is 0.331 e. The van der Waals surface area contributed by atoms with Crippen molar-refractivity contribution in [2.45, 2.75) is 6.04 Å². The van der Waals surface area contributed by atoms with Gasteiger partial charge in [0.15, 0.2) is 35.8 Å². The highest BCUT2D eigenvalue weighted by Gasteiger charge is 2.26. The Morgan fingerprint density at radius 2 is 1.80 bits per heavy atom. The van der Waals surface area contributed by atoms with Crippen molar-refractivity contribution in [3.63, 3.8) is 0 Å². The molecule has 132 valence electrons. The summed E-state index contributed by atoms with van der Waals surface area (Å²) in [7, 11) is 0. The zero-order valence-electron chi connectivity index (χ0n) is 12.4. The number of carboxylic acids is 1. The van der Waals surface area contributed by atoms with Crippen LogP contribution in [0.15, 0.2) is 36.4 Å². The fourth-order valence-electron chi connectivity index (χ4n) is 1.95. The summed E-state index contributed by atoms with van der Waals surface area (Å²) in [6.07, 6.45) is 0. The highest BCUT2D eigenvalue weighted by atomic mass is 19.2. The van der Waals surface area contributed by atoms with Gasteiger partial charge in [-0.25, -0.2) is 22.4 Å². The monoisotopic (exact) mass is 357 g/mol. The van der Waals surface area contributed by atoms with Gasteiger partial charge in [-0.1, -0.05) is 12.1 Å². The first-order valence-corrected chi connectivity index (χ1v) is 6.83. The molecule has 0 heterocycles. The van der Waals surface area contributed by atoms with Gasteiger partial charge < -0.3 is 15.2 Å². The van der Waals surface area contributed by atoms with Gasteiger partial charge in [0.2, 0.25) is 0 Å². The number of amides is 1. The minimum atomic E-state index is -1.87. The number of halogens is 4. The van der Waals surface area contributed by atoms with E-state index in [-0.39, 0.29) is 0 Å². The summed E-state index contributed by atoms with van der Waals surface area (Å²) in [5.74, 6) is -7.69. The molecule has 0 aliphatic rings. The van der Waals surface area contributed by atoms with Crippen LogP contribution < -0.4 is 10.1 Å². The third-order valence-electron chi connectivity index (χ3n) is 3.10. The summed E-state index contributed by atoms with van der Waals surface area (Å²) >= 11 is 0. The normalized spacial score (nSPS) is 11.7. The summed E-state index contributed by atoms with van der Waals surface area (Å²) in [6.45, 7) is -0.816. The molecule has 5 nitrogen and oxygen atoms in total. The molecule has 0 saturated carbocycles. The second-order valence-electron chi connectivity index (χ2n) is 4.85. The minimum Gasteiger partial charge on any atom is -0.481 e. The number of nitrogens with one attached hydrogen (secondary N) is 1. The Hall–Kier alpha value is -3.10. The number of rotatable bonds is 6. The third kappa shape index (κ3) is 4.46. The molecule has 25 heavy (non-hydrogen) atoms. The number of carbonyl (C=O) groups is 2. The van der Waals surface area contributed by atoms with E-state index in [0.29, 0.717) is 6.07 Å². The van der Waals surface area contributed by atoms with E-state index in [4.69, 9.17) is 9.84 Å². The SMILES string of the molecule is O=C(COc1ccc(F)cc1F)N[C@H](C(=O)O)c1cccc(F)c1F.